The molecule has 0 aromatic heterocycles. The number of benzene rings is 2. The number of ether oxygens (including phenoxy) is 1. The smallest absolute Gasteiger partial charge is 0.253 e. The van der Waals surface area contributed by atoms with Gasteiger partial charge in [-0.2, -0.15) is 0 Å². The van der Waals surface area contributed by atoms with Gasteiger partial charge in [-0.05, 0) is 48.4 Å². The summed E-state index contributed by atoms with van der Waals surface area (Å²) in [6.07, 6.45) is 4.57. The number of nitrogens with one attached hydrogen (secondary N) is 2. The summed E-state index contributed by atoms with van der Waals surface area (Å²) in [6.45, 7) is 1.56. The highest BCUT2D eigenvalue weighted by molar-refractivity contribution is 9.10. The zero-order valence-electron chi connectivity index (χ0n) is 13.5. The summed E-state index contributed by atoms with van der Waals surface area (Å²) >= 11 is 9.68. The Morgan fingerprint density at radius 3 is 2.80 bits per heavy atom. The average molecular weight is 422 g/mol. The molecule has 0 fully saturated rings. The van der Waals surface area contributed by atoms with Gasteiger partial charge in [-0.3, -0.25) is 4.79 Å². The Balaban J connectivity index is 1.84. The van der Waals surface area contributed by atoms with Crippen LogP contribution in [0.5, 0.6) is 5.75 Å². The van der Waals surface area contributed by atoms with E-state index in [0.717, 1.165) is 15.7 Å². The van der Waals surface area contributed by atoms with Gasteiger partial charge < -0.3 is 15.4 Å². The molecule has 4 nitrogen and oxygen atoms in total. The molecule has 0 spiro atoms. The summed E-state index contributed by atoms with van der Waals surface area (Å²) in [6, 6.07) is 11.3. The van der Waals surface area contributed by atoms with Crippen molar-refractivity contribution in [3.05, 3.63) is 69.2 Å². The molecule has 2 aliphatic heterocycles. The third-order valence-corrected chi connectivity index (χ3v) is 4.62. The zero-order chi connectivity index (χ0) is 17.6. The number of hydrogen-bond donors (Lipinski definition) is 2. The highest BCUT2D eigenvalue weighted by Crippen LogP contribution is 2.26. The average Bonchev–Trinajstić information content (AvgIpc) is 2.59. The molecule has 2 heterocycles. The van der Waals surface area contributed by atoms with E-state index < -0.39 is 0 Å². The molecule has 0 radical (unpaired) electrons. The number of halogens is 2. The van der Waals surface area contributed by atoms with E-state index in [1.54, 1.807) is 0 Å². The first kappa shape index (κ1) is 17.8. The van der Waals surface area contributed by atoms with Crippen molar-refractivity contribution in [2.75, 3.05) is 25.0 Å². The summed E-state index contributed by atoms with van der Waals surface area (Å²) in [7, 11) is 0. The second kappa shape index (κ2) is 8.41. The first-order chi connectivity index (χ1) is 12.1. The van der Waals surface area contributed by atoms with E-state index >= 15 is 0 Å². The van der Waals surface area contributed by atoms with Gasteiger partial charge in [0.05, 0.1) is 10.6 Å². The maximum absolute atomic E-state index is 12.5. The van der Waals surface area contributed by atoms with E-state index in [1.165, 1.54) is 0 Å². The van der Waals surface area contributed by atoms with Gasteiger partial charge in [0, 0.05) is 23.2 Å². The Labute approximate surface area is 160 Å². The highest BCUT2D eigenvalue weighted by Gasteiger charge is 2.12. The molecule has 2 aliphatic rings. The van der Waals surface area contributed by atoms with Gasteiger partial charge in [-0.25, -0.2) is 0 Å². The van der Waals surface area contributed by atoms with Crippen LogP contribution in [0.2, 0.25) is 5.02 Å². The maximum atomic E-state index is 12.5. The molecule has 4 rings (SSSR count). The van der Waals surface area contributed by atoms with E-state index in [2.05, 4.69) is 26.6 Å². The van der Waals surface area contributed by atoms with E-state index in [9.17, 15) is 4.79 Å². The molecule has 2 bridgehead atoms. The minimum atomic E-state index is -0.106. The van der Waals surface area contributed by atoms with Crippen molar-refractivity contribution in [3.63, 3.8) is 0 Å². The molecule has 1 amide bonds. The van der Waals surface area contributed by atoms with E-state index in [1.807, 2.05) is 48.6 Å². The van der Waals surface area contributed by atoms with Crippen LogP contribution in [0.15, 0.2) is 53.0 Å². The van der Waals surface area contributed by atoms with Gasteiger partial charge in [0.25, 0.3) is 5.91 Å². The lowest BCUT2D eigenvalue weighted by molar-refractivity contribution is 0.0955. The minimum absolute atomic E-state index is 0.106. The van der Waals surface area contributed by atoms with Crippen molar-refractivity contribution in [3.8, 4) is 5.75 Å². The van der Waals surface area contributed by atoms with Crippen LogP contribution in [0.1, 0.15) is 15.9 Å². The lowest BCUT2D eigenvalue weighted by Crippen LogP contribution is -2.26. The summed E-state index contributed by atoms with van der Waals surface area (Å²) < 4.78 is 6.53. The Hall–Kier alpha value is -1.98. The molecule has 2 aromatic carbocycles. The van der Waals surface area contributed by atoms with Gasteiger partial charge in [-0.15, -0.1) is 0 Å². The van der Waals surface area contributed by atoms with Gasteiger partial charge in [-0.1, -0.05) is 39.7 Å². The van der Waals surface area contributed by atoms with Crippen LogP contribution >= 0.6 is 27.5 Å². The first-order valence-corrected chi connectivity index (χ1v) is 9.18. The maximum Gasteiger partial charge on any atom is 0.253 e. The SMILES string of the molecule is O=C1NCCc2ccc(c(Cl)c2)OC/C=C/CNc2ccc(Br)cc21. The fourth-order valence-corrected chi connectivity index (χ4v) is 3.17. The quantitative estimate of drug-likeness (QED) is 0.619. The van der Waals surface area contributed by atoms with E-state index in [4.69, 9.17) is 16.3 Å². The second-order valence-electron chi connectivity index (χ2n) is 5.62. The van der Waals surface area contributed by atoms with Gasteiger partial charge in [0.2, 0.25) is 0 Å². The largest absolute Gasteiger partial charge is 0.488 e. The van der Waals surface area contributed by atoms with Crippen LogP contribution in [-0.4, -0.2) is 25.6 Å². The normalized spacial score (nSPS) is 16.3. The monoisotopic (exact) mass is 420 g/mol. The molecule has 25 heavy (non-hydrogen) atoms. The molecular weight excluding hydrogens is 404 g/mol. The Bertz CT molecular complexity index is 808. The summed E-state index contributed by atoms with van der Waals surface area (Å²) in [5.74, 6) is 0.556. The lowest BCUT2D eigenvalue weighted by Gasteiger charge is -2.13. The molecule has 6 heteroatoms. The fraction of sp³-hybridized carbons (Fsp3) is 0.211. The molecule has 130 valence electrons. The standard InChI is InChI=1S/C19H18BrClN2O2/c20-14-4-5-17-15(12-14)19(24)23-9-7-13-3-6-18(16(21)11-13)25-10-2-1-8-22-17/h1-6,11-12,22H,7-10H2,(H,23,24)/b2-1+. The topological polar surface area (TPSA) is 50.4 Å². The molecule has 0 aliphatic carbocycles. The van der Waals surface area contributed by atoms with Gasteiger partial charge in [0.1, 0.15) is 12.4 Å². The van der Waals surface area contributed by atoms with Crippen molar-refractivity contribution in [1.82, 2.24) is 5.32 Å². The van der Waals surface area contributed by atoms with Gasteiger partial charge in [0.15, 0.2) is 0 Å². The van der Waals surface area contributed by atoms with Crippen LogP contribution in [0.3, 0.4) is 0 Å². The number of carbonyl (C=O) groups is 1. The second-order valence-corrected chi connectivity index (χ2v) is 6.95. The lowest BCUT2D eigenvalue weighted by atomic mass is 10.1. The zero-order valence-corrected chi connectivity index (χ0v) is 15.9. The fourth-order valence-electron chi connectivity index (χ4n) is 2.55. The molecule has 2 aromatic rings. The minimum Gasteiger partial charge on any atom is -0.488 e. The van der Waals surface area contributed by atoms with Crippen molar-refractivity contribution in [2.45, 2.75) is 6.42 Å². The van der Waals surface area contributed by atoms with Crippen LogP contribution in [-0.2, 0) is 6.42 Å². The van der Waals surface area contributed by atoms with E-state index in [0.29, 0.717) is 42.5 Å². The Morgan fingerprint density at radius 1 is 1.08 bits per heavy atom. The van der Waals surface area contributed by atoms with Crippen LogP contribution in [0, 0.1) is 0 Å². The summed E-state index contributed by atoms with van der Waals surface area (Å²) in [4.78, 5) is 12.5. The molecule has 2 N–H and O–H groups in total. The third-order valence-electron chi connectivity index (χ3n) is 3.83. The number of amides is 1. The predicted octanol–water partition coefficient (Wildman–Crippen LogP) is 4.44. The molecule has 0 atom stereocenters. The predicted molar refractivity (Wildman–Crippen MR) is 105 cm³/mol. The van der Waals surface area contributed by atoms with Crippen LogP contribution in [0.4, 0.5) is 5.69 Å². The number of fused-ring (bicyclic) bond motifs is 9. The number of hydrogen-bond acceptors (Lipinski definition) is 3. The molecule has 0 saturated carbocycles. The number of anilines is 1. The molecule has 0 saturated heterocycles. The Kier molecular flexibility index (Phi) is 6.00. The molecule has 0 unspecified atom stereocenters. The van der Waals surface area contributed by atoms with Crippen molar-refractivity contribution in [2.24, 2.45) is 0 Å². The third kappa shape index (κ3) is 4.77. The van der Waals surface area contributed by atoms with E-state index in [-0.39, 0.29) is 5.91 Å². The van der Waals surface area contributed by atoms with Crippen molar-refractivity contribution >= 4 is 39.1 Å². The first-order valence-electron chi connectivity index (χ1n) is 8.01. The summed E-state index contributed by atoms with van der Waals surface area (Å²) in [5.41, 5.74) is 2.46. The van der Waals surface area contributed by atoms with Crippen molar-refractivity contribution in [1.29, 1.82) is 0 Å². The Morgan fingerprint density at radius 2 is 1.96 bits per heavy atom. The van der Waals surface area contributed by atoms with Crippen LogP contribution in [0.25, 0.3) is 0 Å². The van der Waals surface area contributed by atoms with Crippen molar-refractivity contribution < 1.29 is 9.53 Å². The molecular formula is C19H18BrClN2O2. The van der Waals surface area contributed by atoms with Gasteiger partial charge >= 0.3 is 0 Å². The number of rotatable bonds is 0. The van der Waals surface area contributed by atoms with Crippen LogP contribution < -0.4 is 15.4 Å². The highest BCUT2D eigenvalue weighted by atomic mass is 79.9. The number of carbonyl (C=O) groups excluding carboxylic acids is 1. The summed E-state index contributed by atoms with van der Waals surface area (Å²) in [5, 5.41) is 6.80.